The maximum Gasteiger partial charge on any atom is 0.322 e. The van der Waals surface area contributed by atoms with Crippen LogP contribution in [-0.4, -0.2) is 46.8 Å². The van der Waals surface area contributed by atoms with Crippen molar-refractivity contribution in [3.63, 3.8) is 0 Å². The molecule has 0 spiro atoms. The largest absolute Gasteiger partial charge is 0.497 e. The van der Waals surface area contributed by atoms with Crippen molar-refractivity contribution in [2.75, 3.05) is 30.8 Å². The molecule has 10 heteroatoms. The third-order valence-corrected chi connectivity index (χ3v) is 6.19. The molecule has 192 valence electrons. The highest BCUT2D eigenvalue weighted by molar-refractivity contribution is 6.43. The molecule has 3 amide bonds. The quantitative estimate of drug-likeness (QED) is 0.353. The van der Waals surface area contributed by atoms with Crippen molar-refractivity contribution in [3.05, 3.63) is 64.3 Å². The number of ether oxygens (including phenoxy) is 1. The van der Waals surface area contributed by atoms with E-state index in [1.807, 2.05) is 58.0 Å². The van der Waals surface area contributed by atoms with Crippen molar-refractivity contribution in [2.45, 2.75) is 39.5 Å². The number of halogens is 2. The number of carbonyl (C=O) groups excluding carboxylic acids is 2. The fraction of sp³-hybridized carbons (Fsp3) is 0.346. The van der Waals surface area contributed by atoms with Crippen LogP contribution in [0.2, 0.25) is 10.0 Å². The molecule has 3 rings (SSSR count). The highest BCUT2D eigenvalue weighted by Crippen LogP contribution is 2.30. The fourth-order valence-corrected chi connectivity index (χ4v) is 3.78. The Morgan fingerprint density at radius 1 is 1.08 bits per heavy atom. The minimum Gasteiger partial charge on any atom is -0.497 e. The summed E-state index contributed by atoms with van der Waals surface area (Å²) in [5.41, 5.74) is 1.72. The van der Waals surface area contributed by atoms with Crippen LogP contribution >= 0.6 is 23.2 Å². The van der Waals surface area contributed by atoms with E-state index in [1.165, 1.54) is 4.90 Å². The van der Waals surface area contributed by atoms with E-state index in [9.17, 15) is 9.59 Å². The Labute approximate surface area is 221 Å². The highest BCUT2D eigenvalue weighted by Gasteiger charge is 2.23. The molecule has 0 aliphatic rings. The molecular formula is C26H31Cl2N5O3. The number of anilines is 2. The SMILES string of the molecule is CCCN(CC(=O)Nc1cc(C(C)(C)C)nn1-c1ccc(OC)cc1)C(=O)Nc1cccc(Cl)c1Cl. The van der Waals surface area contributed by atoms with Gasteiger partial charge in [0, 0.05) is 18.0 Å². The van der Waals surface area contributed by atoms with Crippen LogP contribution in [0.15, 0.2) is 48.5 Å². The van der Waals surface area contributed by atoms with Crippen LogP contribution in [0.4, 0.5) is 16.3 Å². The van der Waals surface area contributed by atoms with Crippen molar-refractivity contribution >= 4 is 46.6 Å². The van der Waals surface area contributed by atoms with E-state index in [4.69, 9.17) is 33.0 Å². The first-order chi connectivity index (χ1) is 17.0. The number of rotatable bonds is 8. The lowest BCUT2D eigenvalue weighted by Crippen LogP contribution is -2.41. The molecule has 0 atom stereocenters. The van der Waals surface area contributed by atoms with Crippen molar-refractivity contribution in [3.8, 4) is 11.4 Å². The molecule has 3 aromatic rings. The summed E-state index contributed by atoms with van der Waals surface area (Å²) in [5.74, 6) is 0.865. The number of nitrogens with zero attached hydrogens (tertiary/aromatic N) is 3. The number of benzene rings is 2. The van der Waals surface area contributed by atoms with E-state index in [1.54, 1.807) is 30.0 Å². The van der Waals surface area contributed by atoms with Crippen LogP contribution in [0.1, 0.15) is 39.8 Å². The van der Waals surface area contributed by atoms with Gasteiger partial charge >= 0.3 is 6.03 Å². The number of carbonyl (C=O) groups is 2. The second kappa shape index (κ2) is 11.7. The Bertz CT molecular complexity index is 1220. The molecule has 0 radical (unpaired) electrons. The number of amides is 3. The lowest BCUT2D eigenvalue weighted by Gasteiger charge is -2.22. The first kappa shape index (κ1) is 27.4. The van der Waals surface area contributed by atoms with Crippen LogP contribution < -0.4 is 15.4 Å². The molecule has 0 saturated carbocycles. The zero-order chi connectivity index (χ0) is 26.5. The van der Waals surface area contributed by atoms with E-state index in [0.29, 0.717) is 35.2 Å². The van der Waals surface area contributed by atoms with E-state index >= 15 is 0 Å². The predicted octanol–water partition coefficient (Wildman–Crippen LogP) is 6.37. The maximum absolute atomic E-state index is 13.1. The number of aromatic nitrogens is 2. The van der Waals surface area contributed by atoms with Gasteiger partial charge in [0.25, 0.3) is 0 Å². The molecule has 0 fully saturated rings. The first-order valence-corrected chi connectivity index (χ1v) is 12.3. The Morgan fingerprint density at radius 2 is 1.78 bits per heavy atom. The van der Waals surface area contributed by atoms with Crippen molar-refractivity contribution < 1.29 is 14.3 Å². The molecule has 0 aliphatic heterocycles. The number of methoxy groups -OCH3 is 1. The van der Waals surface area contributed by atoms with Crippen LogP contribution in [0.3, 0.4) is 0 Å². The molecular weight excluding hydrogens is 501 g/mol. The monoisotopic (exact) mass is 531 g/mol. The Kier molecular flexibility index (Phi) is 8.87. The van der Waals surface area contributed by atoms with Gasteiger partial charge in [0.15, 0.2) is 0 Å². The molecule has 0 unspecified atom stereocenters. The standard InChI is InChI=1S/C26H31Cl2N5O3/c1-6-14-32(25(35)29-20-9-7-8-19(27)24(20)28)16-23(34)30-22-15-21(26(2,3)4)31-33(22)17-10-12-18(36-5)13-11-17/h7-13,15H,6,14,16H2,1-5H3,(H,29,35)(H,30,34). The van der Waals surface area contributed by atoms with Crippen LogP contribution in [0.25, 0.3) is 5.69 Å². The zero-order valence-corrected chi connectivity index (χ0v) is 22.6. The van der Waals surface area contributed by atoms with Gasteiger partial charge in [-0.25, -0.2) is 9.48 Å². The van der Waals surface area contributed by atoms with Gasteiger partial charge in [-0.1, -0.05) is 57.0 Å². The molecule has 1 heterocycles. The molecule has 2 aromatic carbocycles. The van der Waals surface area contributed by atoms with Gasteiger partial charge in [-0.05, 0) is 42.8 Å². The van der Waals surface area contributed by atoms with Gasteiger partial charge in [-0.2, -0.15) is 5.10 Å². The lowest BCUT2D eigenvalue weighted by atomic mass is 9.92. The van der Waals surface area contributed by atoms with Crippen LogP contribution in [-0.2, 0) is 10.2 Å². The van der Waals surface area contributed by atoms with Gasteiger partial charge in [-0.3, -0.25) is 4.79 Å². The molecule has 0 saturated heterocycles. The number of urea groups is 1. The van der Waals surface area contributed by atoms with E-state index < -0.39 is 6.03 Å². The van der Waals surface area contributed by atoms with E-state index in [2.05, 4.69) is 10.6 Å². The molecule has 0 bridgehead atoms. The molecule has 8 nitrogen and oxygen atoms in total. The predicted molar refractivity (Wildman–Crippen MR) is 145 cm³/mol. The van der Waals surface area contributed by atoms with Crippen molar-refractivity contribution in [1.82, 2.24) is 14.7 Å². The summed E-state index contributed by atoms with van der Waals surface area (Å²) in [6, 6.07) is 13.7. The molecule has 0 aliphatic carbocycles. The number of hydrogen-bond acceptors (Lipinski definition) is 4. The fourth-order valence-electron chi connectivity index (χ4n) is 3.43. The van der Waals surface area contributed by atoms with Crippen molar-refractivity contribution in [1.29, 1.82) is 0 Å². The average Bonchev–Trinajstić information content (AvgIpc) is 3.26. The Hall–Kier alpha value is -3.23. The lowest BCUT2D eigenvalue weighted by molar-refractivity contribution is -0.116. The average molecular weight is 532 g/mol. The van der Waals surface area contributed by atoms with Gasteiger partial charge in [0.2, 0.25) is 5.91 Å². The summed E-state index contributed by atoms with van der Waals surface area (Å²) >= 11 is 12.3. The maximum atomic E-state index is 13.1. The van der Waals surface area contributed by atoms with Gasteiger partial charge < -0.3 is 20.3 Å². The number of hydrogen-bond donors (Lipinski definition) is 2. The zero-order valence-electron chi connectivity index (χ0n) is 21.1. The Balaban J connectivity index is 1.81. The summed E-state index contributed by atoms with van der Waals surface area (Å²) in [6.07, 6.45) is 0.669. The van der Waals surface area contributed by atoms with Crippen LogP contribution in [0.5, 0.6) is 5.75 Å². The summed E-state index contributed by atoms with van der Waals surface area (Å²) in [7, 11) is 1.60. The van der Waals surface area contributed by atoms with Gasteiger partial charge in [-0.15, -0.1) is 0 Å². The summed E-state index contributed by atoms with van der Waals surface area (Å²) < 4.78 is 6.92. The third kappa shape index (κ3) is 6.71. The first-order valence-electron chi connectivity index (χ1n) is 11.6. The smallest absolute Gasteiger partial charge is 0.322 e. The minimum absolute atomic E-state index is 0.156. The highest BCUT2D eigenvalue weighted by atomic mass is 35.5. The van der Waals surface area contributed by atoms with Gasteiger partial charge in [0.1, 0.15) is 18.1 Å². The van der Waals surface area contributed by atoms with Crippen LogP contribution in [0, 0.1) is 0 Å². The third-order valence-electron chi connectivity index (χ3n) is 5.37. The Morgan fingerprint density at radius 3 is 2.39 bits per heavy atom. The topological polar surface area (TPSA) is 88.5 Å². The van der Waals surface area contributed by atoms with E-state index in [-0.39, 0.29) is 22.9 Å². The molecule has 2 N–H and O–H groups in total. The summed E-state index contributed by atoms with van der Waals surface area (Å²) in [4.78, 5) is 27.4. The second-order valence-electron chi connectivity index (χ2n) is 9.28. The normalized spacial score (nSPS) is 11.2. The van der Waals surface area contributed by atoms with Crippen molar-refractivity contribution in [2.24, 2.45) is 0 Å². The van der Waals surface area contributed by atoms with E-state index in [0.717, 1.165) is 11.4 Å². The molecule has 36 heavy (non-hydrogen) atoms. The van der Waals surface area contributed by atoms with Gasteiger partial charge in [0.05, 0.1) is 34.2 Å². The summed E-state index contributed by atoms with van der Waals surface area (Å²) in [5, 5.41) is 11.0. The molecule has 1 aromatic heterocycles. The minimum atomic E-state index is -0.449. The second-order valence-corrected chi connectivity index (χ2v) is 10.1. The number of nitrogens with one attached hydrogen (secondary N) is 2. The summed E-state index contributed by atoms with van der Waals surface area (Å²) in [6.45, 7) is 8.30.